The Morgan fingerprint density at radius 1 is 1.26 bits per heavy atom. The van der Waals surface area contributed by atoms with E-state index in [0.717, 1.165) is 34.0 Å². The van der Waals surface area contributed by atoms with Crippen molar-refractivity contribution in [3.8, 4) is 22.8 Å². The first-order valence-electron chi connectivity index (χ1n) is 6.07. The van der Waals surface area contributed by atoms with Gasteiger partial charge in [0.25, 0.3) is 0 Å². The summed E-state index contributed by atoms with van der Waals surface area (Å²) in [4.78, 5) is 0. The minimum absolute atomic E-state index is 0.459. The quantitative estimate of drug-likeness (QED) is 0.912. The third-order valence-corrected chi connectivity index (χ3v) is 3.24. The highest BCUT2D eigenvalue weighted by molar-refractivity contribution is 5.71. The lowest BCUT2D eigenvalue weighted by molar-refractivity contribution is 0.390. The Morgan fingerprint density at radius 2 is 2.00 bits per heavy atom. The normalized spacial score (nSPS) is 10.6. The third-order valence-electron chi connectivity index (χ3n) is 3.24. The Morgan fingerprint density at radius 3 is 2.53 bits per heavy atom. The van der Waals surface area contributed by atoms with Gasteiger partial charge in [-0.2, -0.15) is 5.10 Å². The van der Waals surface area contributed by atoms with Gasteiger partial charge in [0, 0.05) is 24.7 Å². The van der Waals surface area contributed by atoms with Gasteiger partial charge in [0.15, 0.2) is 0 Å². The SMILES string of the molecule is COc1ccc(-c2cc(CN)n(C)n2)c(OC)c1C. The highest BCUT2D eigenvalue weighted by Gasteiger charge is 2.15. The predicted molar refractivity (Wildman–Crippen MR) is 74.4 cm³/mol. The van der Waals surface area contributed by atoms with Crippen LogP contribution in [0.4, 0.5) is 0 Å². The minimum atomic E-state index is 0.459. The van der Waals surface area contributed by atoms with Crippen molar-refractivity contribution in [2.75, 3.05) is 14.2 Å². The van der Waals surface area contributed by atoms with Gasteiger partial charge in [-0.15, -0.1) is 0 Å². The summed E-state index contributed by atoms with van der Waals surface area (Å²) in [5, 5.41) is 4.47. The molecule has 1 aromatic carbocycles. The van der Waals surface area contributed by atoms with Crippen LogP contribution in [-0.4, -0.2) is 24.0 Å². The lowest BCUT2D eigenvalue weighted by Gasteiger charge is -2.13. The van der Waals surface area contributed by atoms with Crippen LogP contribution >= 0.6 is 0 Å². The Hall–Kier alpha value is -2.01. The molecule has 0 spiro atoms. The van der Waals surface area contributed by atoms with Gasteiger partial charge < -0.3 is 15.2 Å². The van der Waals surface area contributed by atoms with E-state index in [2.05, 4.69) is 5.10 Å². The van der Waals surface area contributed by atoms with E-state index < -0.39 is 0 Å². The predicted octanol–water partition coefficient (Wildman–Crippen LogP) is 1.87. The van der Waals surface area contributed by atoms with E-state index in [9.17, 15) is 0 Å². The topological polar surface area (TPSA) is 62.3 Å². The van der Waals surface area contributed by atoms with E-state index in [1.165, 1.54) is 0 Å². The molecule has 0 bridgehead atoms. The van der Waals surface area contributed by atoms with Crippen LogP contribution in [0.1, 0.15) is 11.3 Å². The molecule has 2 rings (SSSR count). The number of nitrogens with zero attached hydrogens (tertiary/aromatic N) is 2. The molecule has 0 saturated heterocycles. The molecule has 5 nitrogen and oxygen atoms in total. The molecule has 0 aliphatic heterocycles. The van der Waals surface area contributed by atoms with Crippen LogP contribution < -0.4 is 15.2 Å². The molecule has 0 atom stereocenters. The van der Waals surface area contributed by atoms with Crippen molar-refractivity contribution in [1.29, 1.82) is 0 Å². The second kappa shape index (κ2) is 5.32. The molecule has 19 heavy (non-hydrogen) atoms. The molecular formula is C14H19N3O2. The first-order chi connectivity index (χ1) is 9.12. The first-order valence-corrected chi connectivity index (χ1v) is 6.07. The molecule has 0 aliphatic carbocycles. The zero-order valence-corrected chi connectivity index (χ0v) is 11.7. The number of aryl methyl sites for hydroxylation is 1. The van der Waals surface area contributed by atoms with E-state index in [-0.39, 0.29) is 0 Å². The Kier molecular flexibility index (Phi) is 3.76. The van der Waals surface area contributed by atoms with Gasteiger partial charge in [-0.3, -0.25) is 4.68 Å². The van der Waals surface area contributed by atoms with Crippen molar-refractivity contribution < 1.29 is 9.47 Å². The Bertz CT molecular complexity index is 591. The summed E-state index contributed by atoms with van der Waals surface area (Å²) in [5.41, 5.74) is 9.41. The maximum atomic E-state index is 5.68. The number of nitrogens with two attached hydrogens (primary N) is 1. The molecule has 0 saturated carbocycles. The molecule has 0 amide bonds. The molecule has 0 aliphatic rings. The average molecular weight is 261 g/mol. The number of hydrogen-bond acceptors (Lipinski definition) is 4. The van der Waals surface area contributed by atoms with Gasteiger partial charge >= 0.3 is 0 Å². The maximum Gasteiger partial charge on any atom is 0.134 e. The van der Waals surface area contributed by atoms with Crippen LogP contribution in [-0.2, 0) is 13.6 Å². The highest BCUT2D eigenvalue weighted by atomic mass is 16.5. The Labute approximate surface area is 112 Å². The van der Waals surface area contributed by atoms with Crippen LogP contribution in [0, 0.1) is 6.92 Å². The summed E-state index contributed by atoms with van der Waals surface area (Å²) in [5.74, 6) is 1.58. The van der Waals surface area contributed by atoms with Gasteiger partial charge in [0.1, 0.15) is 11.5 Å². The van der Waals surface area contributed by atoms with E-state index in [0.29, 0.717) is 6.54 Å². The Balaban J connectivity index is 2.58. The molecule has 5 heteroatoms. The highest BCUT2D eigenvalue weighted by Crippen LogP contribution is 2.37. The van der Waals surface area contributed by atoms with Crippen molar-refractivity contribution in [3.05, 3.63) is 29.5 Å². The monoisotopic (exact) mass is 261 g/mol. The molecule has 2 aromatic rings. The number of hydrogen-bond donors (Lipinski definition) is 1. The summed E-state index contributed by atoms with van der Waals surface area (Å²) in [7, 11) is 5.18. The number of methoxy groups -OCH3 is 2. The van der Waals surface area contributed by atoms with Gasteiger partial charge in [-0.1, -0.05) is 0 Å². The van der Waals surface area contributed by atoms with Crippen LogP contribution in [0.2, 0.25) is 0 Å². The van der Waals surface area contributed by atoms with Crippen LogP contribution in [0.5, 0.6) is 11.5 Å². The third kappa shape index (κ3) is 2.29. The number of rotatable bonds is 4. The van der Waals surface area contributed by atoms with Crippen LogP contribution in [0.15, 0.2) is 18.2 Å². The molecule has 0 fully saturated rings. The van der Waals surface area contributed by atoms with Crippen LogP contribution in [0.3, 0.4) is 0 Å². The standard InChI is InChI=1S/C14H19N3O2/c1-9-13(18-3)6-5-11(14(9)19-4)12-7-10(8-15)17(2)16-12/h5-7H,8,15H2,1-4H3. The molecule has 102 valence electrons. The molecule has 1 heterocycles. The fourth-order valence-corrected chi connectivity index (χ4v) is 2.19. The molecule has 1 aromatic heterocycles. The van der Waals surface area contributed by atoms with E-state index >= 15 is 0 Å². The molecule has 2 N–H and O–H groups in total. The van der Waals surface area contributed by atoms with E-state index in [4.69, 9.17) is 15.2 Å². The van der Waals surface area contributed by atoms with Crippen molar-refractivity contribution >= 4 is 0 Å². The second-order valence-corrected chi connectivity index (χ2v) is 4.32. The lowest BCUT2D eigenvalue weighted by atomic mass is 10.1. The van der Waals surface area contributed by atoms with Crippen molar-refractivity contribution in [1.82, 2.24) is 9.78 Å². The summed E-state index contributed by atoms with van der Waals surface area (Å²) in [6.07, 6.45) is 0. The number of benzene rings is 1. The summed E-state index contributed by atoms with van der Waals surface area (Å²) in [6.45, 7) is 2.43. The van der Waals surface area contributed by atoms with E-state index in [1.807, 2.05) is 32.2 Å². The largest absolute Gasteiger partial charge is 0.496 e. The zero-order chi connectivity index (χ0) is 14.0. The van der Waals surface area contributed by atoms with Crippen molar-refractivity contribution in [2.24, 2.45) is 12.8 Å². The van der Waals surface area contributed by atoms with Gasteiger partial charge in [0.2, 0.25) is 0 Å². The first kappa shape index (κ1) is 13.4. The fraction of sp³-hybridized carbons (Fsp3) is 0.357. The average Bonchev–Trinajstić information content (AvgIpc) is 2.79. The van der Waals surface area contributed by atoms with Gasteiger partial charge in [0.05, 0.1) is 25.6 Å². The minimum Gasteiger partial charge on any atom is -0.496 e. The molecule has 0 radical (unpaired) electrons. The maximum absolute atomic E-state index is 5.68. The summed E-state index contributed by atoms with van der Waals surface area (Å²) >= 11 is 0. The van der Waals surface area contributed by atoms with Gasteiger partial charge in [-0.25, -0.2) is 0 Å². The zero-order valence-electron chi connectivity index (χ0n) is 11.7. The van der Waals surface area contributed by atoms with E-state index in [1.54, 1.807) is 18.9 Å². The van der Waals surface area contributed by atoms with Crippen LogP contribution in [0.25, 0.3) is 11.3 Å². The number of ether oxygens (including phenoxy) is 2. The van der Waals surface area contributed by atoms with Crippen molar-refractivity contribution in [3.63, 3.8) is 0 Å². The lowest BCUT2D eigenvalue weighted by Crippen LogP contribution is -2.03. The fourth-order valence-electron chi connectivity index (χ4n) is 2.19. The smallest absolute Gasteiger partial charge is 0.134 e. The van der Waals surface area contributed by atoms with Crippen molar-refractivity contribution in [2.45, 2.75) is 13.5 Å². The number of aromatic nitrogens is 2. The summed E-state index contributed by atoms with van der Waals surface area (Å²) < 4.78 is 12.6. The second-order valence-electron chi connectivity index (χ2n) is 4.32. The molecule has 0 unspecified atom stereocenters. The summed E-state index contributed by atoms with van der Waals surface area (Å²) in [6, 6.07) is 5.85. The van der Waals surface area contributed by atoms with Gasteiger partial charge in [-0.05, 0) is 25.1 Å². The molecular weight excluding hydrogens is 242 g/mol.